The van der Waals surface area contributed by atoms with Gasteiger partial charge in [-0.05, 0) is 48.8 Å². The smallest absolute Gasteiger partial charge is 0.342 e. The minimum atomic E-state index is -1.27. The van der Waals surface area contributed by atoms with Crippen LogP contribution >= 0.6 is 0 Å². The van der Waals surface area contributed by atoms with Gasteiger partial charge in [-0.15, -0.1) is 0 Å². The molecule has 2 N–H and O–H groups in total. The fraction of sp³-hybridized carbons (Fsp3) is 0.579. The van der Waals surface area contributed by atoms with E-state index in [-0.39, 0.29) is 34.5 Å². The van der Waals surface area contributed by atoms with Gasteiger partial charge in [0.1, 0.15) is 16.9 Å². The van der Waals surface area contributed by atoms with E-state index in [1.165, 1.54) is 6.07 Å². The minimum absolute atomic E-state index is 0.0156. The second-order valence-corrected chi connectivity index (χ2v) is 7.81. The van der Waals surface area contributed by atoms with Gasteiger partial charge in [0.15, 0.2) is 0 Å². The maximum atomic E-state index is 12.3. The molecule has 1 atom stereocenters. The van der Waals surface area contributed by atoms with Crippen LogP contribution in [0.4, 0.5) is 0 Å². The van der Waals surface area contributed by atoms with Crippen LogP contribution in [0.2, 0.25) is 0 Å². The lowest BCUT2D eigenvalue weighted by Crippen LogP contribution is -2.24. The number of rotatable bonds is 5. The lowest BCUT2D eigenvalue weighted by molar-refractivity contribution is 0.0374. The number of carboxylic acids is 1. The lowest BCUT2D eigenvalue weighted by atomic mass is 9.70. The summed E-state index contributed by atoms with van der Waals surface area (Å²) < 4.78 is 5.14. The highest BCUT2D eigenvalue weighted by atomic mass is 16.5. The summed E-state index contributed by atoms with van der Waals surface area (Å²) in [5.74, 6) is -2.30. The summed E-state index contributed by atoms with van der Waals surface area (Å²) in [6, 6.07) is 3.02. The largest absolute Gasteiger partial charge is 0.506 e. The molecule has 1 aromatic rings. The molecule has 1 aromatic carbocycles. The first-order valence-corrected chi connectivity index (χ1v) is 8.17. The van der Waals surface area contributed by atoms with Gasteiger partial charge in [-0.25, -0.2) is 9.59 Å². The summed E-state index contributed by atoms with van der Waals surface area (Å²) in [4.78, 5) is 23.8. The first-order chi connectivity index (χ1) is 10.9. The van der Waals surface area contributed by atoms with Crippen molar-refractivity contribution in [2.24, 2.45) is 11.3 Å². The van der Waals surface area contributed by atoms with Crippen molar-refractivity contribution in [3.05, 3.63) is 28.8 Å². The molecule has 1 rings (SSSR count). The van der Waals surface area contributed by atoms with Crippen LogP contribution < -0.4 is 0 Å². The van der Waals surface area contributed by atoms with Gasteiger partial charge in [0.05, 0.1) is 6.10 Å². The molecule has 1 unspecified atom stereocenters. The first kappa shape index (κ1) is 20.0. The zero-order valence-electron chi connectivity index (χ0n) is 15.5. The Morgan fingerprint density at radius 3 is 1.92 bits per heavy atom. The Morgan fingerprint density at radius 2 is 1.54 bits per heavy atom. The second kappa shape index (κ2) is 7.24. The van der Waals surface area contributed by atoms with Crippen molar-refractivity contribution in [1.29, 1.82) is 0 Å². The van der Waals surface area contributed by atoms with Crippen molar-refractivity contribution in [2.75, 3.05) is 0 Å². The number of hydrogen-bond acceptors (Lipinski definition) is 4. The monoisotopic (exact) mass is 336 g/mol. The number of carbonyl (C=O) groups excluding carboxylic acids is 1. The highest BCUT2D eigenvalue weighted by Gasteiger charge is 2.32. The van der Waals surface area contributed by atoms with Gasteiger partial charge in [0.25, 0.3) is 0 Å². The highest BCUT2D eigenvalue weighted by Crippen LogP contribution is 2.42. The third-order valence-electron chi connectivity index (χ3n) is 3.88. The fourth-order valence-corrected chi connectivity index (χ4v) is 3.32. The minimum Gasteiger partial charge on any atom is -0.506 e. The van der Waals surface area contributed by atoms with Crippen molar-refractivity contribution in [3.8, 4) is 5.75 Å². The molecule has 0 spiro atoms. The normalized spacial score (nSPS) is 13.2. The van der Waals surface area contributed by atoms with Crippen molar-refractivity contribution in [1.82, 2.24) is 0 Å². The average Bonchev–Trinajstić information content (AvgIpc) is 2.36. The summed E-state index contributed by atoms with van der Waals surface area (Å²) in [5.41, 5.74) is 0.190. The van der Waals surface area contributed by atoms with E-state index in [0.29, 0.717) is 5.56 Å². The fourth-order valence-electron chi connectivity index (χ4n) is 3.32. The standard InChI is InChI=1S/C19H28O5/c1-10(2)15(19(5,6)7)12-8-13(17(21)22)16(20)14(9-12)18(23)24-11(3)4/h8-11,15,20H,1-7H3,(H,21,22). The molecule has 24 heavy (non-hydrogen) atoms. The van der Waals surface area contributed by atoms with E-state index in [9.17, 15) is 19.8 Å². The van der Waals surface area contributed by atoms with Gasteiger partial charge >= 0.3 is 11.9 Å². The van der Waals surface area contributed by atoms with E-state index in [4.69, 9.17) is 4.74 Å². The van der Waals surface area contributed by atoms with E-state index < -0.39 is 17.7 Å². The predicted molar refractivity (Wildman–Crippen MR) is 92.7 cm³/mol. The van der Waals surface area contributed by atoms with E-state index in [2.05, 4.69) is 34.6 Å². The number of benzene rings is 1. The molecular weight excluding hydrogens is 308 g/mol. The summed E-state index contributed by atoms with van der Waals surface area (Å²) >= 11 is 0. The number of aromatic carboxylic acids is 1. The number of aromatic hydroxyl groups is 1. The van der Waals surface area contributed by atoms with Gasteiger partial charge in [-0.2, -0.15) is 0 Å². The summed E-state index contributed by atoms with van der Waals surface area (Å²) in [7, 11) is 0. The molecule has 0 aliphatic rings. The van der Waals surface area contributed by atoms with Crippen LogP contribution in [-0.2, 0) is 4.74 Å². The van der Waals surface area contributed by atoms with Crippen LogP contribution in [0.15, 0.2) is 12.1 Å². The van der Waals surface area contributed by atoms with E-state index in [1.54, 1.807) is 19.9 Å². The van der Waals surface area contributed by atoms with Gasteiger partial charge in [-0.3, -0.25) is 0 Å². The first-order valence-electron chi connectivity index (χ1n) is 8.17. The number of esters is 1. The molecule has 0 aliphatic carbocycles. The predicted octanol–water partition coefficient (Wildman–Crippen LogP) is 4.44. The number of phenols is 1. The van der Waals surface area contributed by atoms with Crippen LogP contribution in [0.3, 0.4) is 0 Å². The van der Waals surface area contributed by atoms with Crippen molar-refractivity contribution < 1.29 is 24.5 Å². The number of carboxylic acid groups (broad SMARTS) is 1. The number of ether oxygens (including phenoxy) is 1. The van der Waals surface area contributed by atoms with Gasteiger partial charge in [0.2, 0.25) is 0 Å². The topological polar surface area (TPSA) is 83.8 Å². The Kier molecular flexibility index (Phi) is 6.04. The maximum absolute atomic E-state index is 12.3. The molecular formula is C19H28O5. The van der Waals surface area contributed by atoms with Crippen LogP contribution in [0.1, 0.15) is 80.7 Å². The average molecular weight is 336 g/mol. The molecule has 0 bridgehead atoms. The molecule has 5 heteroatoms. The van der Waals surface area contributed by atoms with E-state index in [1.807, 2.05) is 0 Å². The Morgan fingerprint density at radius 1 is 1.04 bits per heavy atom. The van der Waals surface area contributed by atoms with Crippen LogP contribution in [0.5, 0.6) is 5.75 Å². The third-order valence-corrected chi connectivity index (χ3v) is 3.88. The van der Waals surface area contributed by atoms with E-state index in [0.717, 1.165) is 0 Å². The molecule has 0 fully saturated rings. The summed E-state index contributed by atoms with van der Waals surface area (Å²) in [5, 5.41) is 19.6. The zero-order chi connectivity index (χ0) is 18.8. The Balaban J connectivity index is 3.60. The molecule has 5 nitrogen and oxygen atoms in total. The summed E-state index contributed by atoms with van der Waals surface area (Å²) in [6.07, 6.45) is -0.364. The van der Waals surface area contributed by atoms with Gasteiger partial charge in [0, 0.05) is 0 Å². The van der Waals surface area contributed by atoms with Crippen LogP contribution in [-0.4, -0.2) is 28.3 Å². The summed E-state index contributed by atoms with van der Waals surface area (Å²) in [6.45, 7) is 13.7. The molecule has 0 saturated carbocycles. The molecule has 0 radical (unpaired) electrons. The Hall–Kier alpha value is -2.04. The molecule has 0 amide bonds. The SMILES string of the molecule is CC(C)OC(=O)c1cc(C(C(C)C)C(C)(C)C)cc(C(=O)O)c1O. The Bertz CT molecular complexity index is 623. The zero-order valence-corrected chi connectivity index (χ0v) is 15.5. The second-order valence-electron chi connectivity index (χ2n) is 7.81. The van der Waals surface area contributed by atoms with Crippen molar-refractivity contribution in [3.63, 3.8) is 0 Å². The molecule has 134 valence electrons. The number of carbonyl (C=O) groups is 2. The Labute approximate surface area is 143 Å². The molecule has 0 aliphatic heterocycles. The van der Waals surface area contributed by atoms with Crippen molar-refractivity contribution >= 4 is 11.9 Å². The third kappa shape index (κ3) is 4.49. The van der Waals surface area contributed by atoms with Crippen molar-refractivity contribution in [2.45, 2.75) is 60.5 Å². The van der Waals surface area contributed by atoms with Crippen LogP contribution in [0, 0.1) is 11.3 Å². The van der Waals surface area contributed by atoms with Gasteiger partial charge in [-0.1, -0.05) is 34.6 Å². The van der Waals surface area contributed by atoms with E-state index >= 15 is 0 Å². The maximum Gasteiger partial charge on any atom is 0.342 e. The number of hydrogen-bond donors (Lipinski definition) is 2. The van der Waals surface area contributed by atoms with Gasteiger partial charge < -0.3 is 14.9 Å². The lowest BCUT2D eigenvalue weighted by Gasteiger charge is -2.35. The quantitative estimate of drug-likeness (QED) is 0.777. The highest BCUT2D eigenvalue weighted by molar-refractivity contribution is 5.99. The molecule has 0 aromatic heterocycles. The molecule has 0 saturated heterocycles. The van der Waals surface area contributed by atoms with Crippen LogP contribution in [0.25, 0.3) is 0 Å². The molecule has 0 heterocycles.